The summed E-state index contributed by atoms with van der Waals surface area (Å²) in [4.78, 5) is 23.4. The van der Waals surface area contributed by atoms with Gasteiger partial charge >= 0.3 is 0 Å². The summed E-state index contributed by atoms with van der Waals surface area (Å²) in [5.74, 6) is -0.178. The van der Waals surface area contributed by atoms with E-state index in [4.69, 9.17) is 9.47 Å². The third-order valence-electron chi connectivity index (χ3n) is 3.20. The number of halogens is 3. The van der Waals surface area contributed by atoms with Crippen LogP contribution in [0.2, 0.25) is 0 Å². The molecule has 0 N–H and O–H groups in total. The Morgan fingerprint density at radius 2 is 1.22 bits per heavy atom. The smallest absolute Gasteiger partial charge is 0.222 e. The first kappa shape index (κ1) is 24.2. The Kier molecular flexibility index (Phi) is 11.3. The molecular weight excluding hydrogens is 544 g/mol. The number of carbonyl (C=O) groups excluding carboxylic acids is 2. The van der Waals surface area contributed by atoms with E-state index in [2.05, 4.69) is 47.8 Å². The van der Waals surface area contributed by atoms with E-state index in [9.17, 15) is 9.59 Å². The number of ether oxygens (including phenoxy) is 2. The molecule has 0 radical (unpaired) electrons. The van der Waals surface area contributed by atoms with E-state index in [0.29, 0.717) is 24.3 Å². The standard InChI is InChI=1S/C12H16O3.C8H5Br3O/c1-3-14-12(15-4-2)11(13)10-8-6-5-7-9-10;9-8(10,11)7(12)6-4-2-1-3-5-6/h5-9,12H,3-4H2,1-2H3;1-5H. The normalized spacial score (nSPS) is 10.9. The molecular formula is C20H21Br3O4. The van der Waals surface area contributed by atoms with Crippen molar-refractivity contribution in [1.29, 1.82) is 0 Å². The molecule has 0 heterocycles. The van der Waals surface area contributed by atoms with Crippen molar-refractivity contribution in [2.75, 3.05) is 13.2 Å². The summed E-state index contributed by atoms with van der Waals surface area (Å²) in [5.41, 5.74) is 1.27. The van der Waals surface area contributed by atoms with Gasteiger partial charge in [-0.25, -0.2) is 0 Å². The summed E-state index contributed by atoms with van der Waals surface area (Å²) in [7, 11) is 0. The van der Waals surface area contributed by atoms with Crippen LogP contribution < -0.4 is 0 Å². The molecule has 0 aliphatic heterocycles. The highest BCUT2D eigenvalue weighted by Gasteiger charge is 2.29. The molecule has 2 aromatic rings. The molecule has 0 spiro atoms. The molecule has 0 amide bonds. The zero-order valence-corrected chi connectivity index (χ0v) is 19.8. The fraction of sp³-hybridized carbons (Fsp3) is 0.300. The van der Waals surface area contributed by atoms with Gasteiger partial charge in [0.15, 0.2) is 2.14 Å². The molecule has 7 heteroatoms. The van der Waals surface area contributed by atoms with Crippen molar-refractivity contribution in [2.24, 2.45) is 0 Å². The van der Waals surface area contributed by atoms with Gasteiger partial charge < -0.3 is 9.47 Å². The Morgan fingerprint density at radius 3 is 1.59 bits per heavy atom. The van der Waals surface area contributed by atoms with Gasteiger partial charge in [-0.3, -0.25) is 9.59 Å². The Hall–Kier alpha value is -0.860. The molecule has 0 aliphatic rings. The SMILES string of the molecule is CCOC(OCC)C(=O)c1ccccc1.O=C(c1ccccc1)C(Br)(Br)Br. The number of carbonyl (C=O) groups is 2. The van der Waals surface area contributed by atoms with Crippen LogP contribution in [0, 0.1) is 0 Å². The lowest BCUT2D eigenvalue weighted by Gasteiger charge is -2.15. The van der Waals surface area contributed by atoms with Crippen molar-refractivity contribution >= 4 is 59.4 Å². The zero-order chi connectivity index (χ0) is 20.3. The highest BCUT2D eigenvalue weighted by molar-refractivity contribution is 9.40. The van der Waals surface area contributed by atoms with Crippen molar-refractivity contribution in [3.05, 3.63) is 71.8 Å². The predicted molar refractivity (Wildman–Crippen MR) is 118 cm³/mol. The molecule has 0 atom stereocenters. The minimum absolute atomic E-state index is 0.0527. The van der Waals surface area contributed by atoms with Gasteiger partial charge in [-0.1, -0.05) is 108 Å². The van der Waals surface area contributed by atoms with Crippen LogP contribution >= 0.6 is 47.8 Å². The lowest BCUT2D eigenvalue weighted by atomic mass is 10.1. The fourth-order valence-corrected chi connectivity index (χ4v) is 2.68. The van der Waals surface area contributed by atoms with Crippen LogP contribution in [0.5, 0.6) is 0 Å². The molecule has 4 nitrogen and oxygen atoms in total. The van der Waals surface area contributed by atoms with Crippen LogP contribution in [-0.2, 0) is 9.47 Å². The molecule has 0 aliphatic carbocycles. The summed E-state index contributed by atoms with van der Waals surface area (Å²) in [5, 5.41) is 0. The van der Waals surface area contributed by atoms with Gasteiger partial charge in [-0.05, 0) is 13.8 Å². The largest absolute Gasteiger partial charge is 0.346 e. The zero-order valence-electron chi connectivity index (χ0n) is 15.0. The van der Waals surface area contributed by atoms with Gasteiger partial charge in [0.1, 0.15) is 0 Å². The predicted octanol–water partition coefficient (Wildman–Crippen LogP) is 5.98. The summed E-state index contributed by atoms with van der Waals surface area (Å²) in [6.07, 6.45) is -0.776. The Bertz CT molecular complexity index is 694. The number of Topliss-reactive ketones (excluding diaryl/α,β-unsaturated/α-hetero) is 2. The third kappa shape index (κ3) is 8.79. The lowest BCUT2D eigenvalue weighted by molar-refractivity contribution is -0.107. The Morgan fingerprint density at radius 1 is 0.815 bits per heavy atom. The summed E-state index contributed by atoms with van der Waals surface area (Å²) < 4.78 is 9.61. The van der Waals surface area contributed by atoms with Crippen molar-refractivity contribution < 1.29 is 19.1 Å². The number of rotatable bonds is 7. The van der Waals surface area contributed by atoms with Crippen molar-refractivity contribution in [3.8, 4) is 0 Å². The summed E-state index contributed by atoms with van der Waals surface area (Å²) in [6, 6.07) is 18.1. The second-order valence-electron chi connectivity index (χ2n) is 5.17. The second-order valence-corrected chi connectivity index (χ2v) is 11.9. The minimum atomic E-state index is -0.839. The quantitative estimate of drug-likeness (QED) is 0.236. The first-order valence-corrected chi connectivity index (χ1v) is 10.7. The van der Waals surface area contributed by atoms with E-state index in [1.807, 2.05) is 50.2 Å². The monoisotopic (exact) mass is 562 g/mol. The molecule has 0 fully saturated rings. The maximum Gasteiger partial charge on any atom is 0.222 e. The molecule has 0 saturated carbocycles. The highest BCUT2D eigenvalue weighted by atomic mass is 80.0. The van der Waals surface area contributed by atoms with E-state index in [1.54, 1.807) is 24.3 Å². The first-order valence-electron chi connectivity index (χ1n) is 8.30. The molecule has 0 unspecified atom stereocenters. The van der Waals surface area contributed by atoms with E-state index in [1.165, 1.54) is 0 Å². The lowest BCUT2D eigenvalue weighted by Crippen LogP contribution is -2.27. The van der Waals surface area contributed by atoms with Crippen LogP contribution in [0.1, 0.15) is 34.6 Å². The fourth-order valence-electron chi connectivity index (χ4n) is 1.99. The van der Waals surface area contributed by atoms with Crippen LogP contribution in [0.4, 0.5) is 0 Å². The maximum absolute atomic E-state index is 11.9. The van der Waals surface area contributed by atoms with Gasteiger partial charge in [-0.15, -0.1) is 0 Å². The van der Waals surface area contributed by atoms with E-state index >= 15 is 0 Å². The van der Waals surface area contributed by atoms with Crippen LogP contribution in [0.25, 0.3) is 0 Å². The highest BCUT2D eigenvalue weighted by Crippen LogP contribution is 2.36. The number of ketones is 2. The first-order chi connectivity index (χ1) is 12.8. The Labute approximate surface area is 185 Å². The van der Waals surface area contributed by atoms with Crippen LogP contribution in [0.15, 0.2) is 60.7 Å². The summed E-state index contributed by atoms with van der Waals surface area (Å²) in [6.45, 7) is 4.60. The van der Waals surface area contributed by atoms with Gasteiger partial charge in [-0.2, -0.15) is 0 Å². The number of benzene rings is 2. The van der Waals surface area contributed by atoms with E-state index in [-0.39, 0.29) is 11.6 Å². The van der Waals surface area contributed by atoms with E-state index < -0.39 is 8.43 Å². The number of alkyl halides is 3. The average Bonchev–Trinajstić information content (AvgIpc) is 2.68. The van der Waals surface area contributed by atoms with Crippen molar-refractivity contribution in [1.82, 2.24) is 0 Å². The molecule has 27 heavy (non-hydrogen) atoms. The minimum Gasteiger partial charge on any atom is -0.346 e. The molecule has 2 aromatic carbocycles. The number of hydrogen-bond donors (Lipinski definition) is 0. The molecule has 0 aromatic heterocycles. The van der Waals surface area contributed by atoms with Gasteiger partial charge in [0.05, 0.1) is 0 Å². The third-order valence-corrected chi connectivity index (χ3v) is 4.28. The van der Waals surface area contributed by atoms with E-state index in [0.717, 1.165) is 0 Å². The van der Waals surface area contributed by atoms with Crippen LogP contribution in [0.3, 0.4) is 0 Å². The average molecular weight is 565 g/mol. The Balaban J connectivity index is 0.000000277. The molecule has 2 rings (SSSR count). The number of hydrogen-bond acceptors (Lipinski definition) is 4. The van der Waals surface area contributed by atoms with Crippen molar-refractivity contribution in [2.45, 2.75) is 22.3 Å². The molecule has 0 bridgehead atoms. The summed E-state index contributed by atoms with van der Waals surface area (Å²) >= 11 is 9.49. The van der Waals surface area contributed by atoms with Gasteiger partial charge in [0.25, 0.3) is 0 Å². The van der Waals surface area contributed by atoms with Gasteiger partial charge in [0.2, 0.25) is 17.9 Å². The van der Waals surface area contributed by atoms with Crippen LogP contribution in [-0.4, -0.2) is 33.2 Å². The molecule has 0 saturated heterocycles. The topological polar surface area (TPSA) is 52.6 Å². The maximum atomic E-state index is 11.9. The van der Waals surface area contributed by atoms with Gasteiger partial charge in [0, 0.05) is 24.3 Å². The second kappa shape index (κ2) is 12.6. The van der Waals surface area contributed by atoms with Crippen molar-refractivity contribution in [3.63, 3.8) is 0 Å². The molecule has 146 valence electrons.